The van der Waals surface area contributed by atoms with Crippen LogP contribution in [0.1, 0.15) is 16.9 Å². The van der Waals surface area contributed by atoms with Gasteiger partial charge >= 0.3 is 5.97 Å². The van der Waals surface area contributed by atoms with E-state index < -0.39 is 5.97 Å². The maximum Gasteiger partial charge on any atom is 0.356 e. The SMILES string of the molecule is C=CCCOc1cccc(C(=O)OC)n1. The van der Waals surface area contributed by atoms with Crippen molar-refractivity contribution in [1.82, 2.24) is 4.98 Å². The number of rotatable bonds is 5. The minimum atomic E-state index is -0.468. The first-order valence-corrected chi connectivity index (χ1v) is 4.57. The van der Waals surface area contributed by atoms with Gasteiger partial charge in [0.1, 0.15) is 0 Å². The Bertz CT molecular complexity index is 349. The molecule has 0 spiro atoms. The fraction of sp³-hybridized carbons (Fsp3) is 0.273. The van der Waals surface area contributed by atoms with Crippen LogP contribution in [0.25, 0.3) is 0 Å². The van der Waals surface area contributed by atoms with E-state index in [1.807, 2.05) is 0 Å². The highest BCUT2D eigenvalue weighted by Crippen LogP contribution is 2.08. The quantitative estimate of drug-likeness (QED) is 0.420. The molecule has 80 valence electrons. The maximum absolute atomic E-state index is 11.1. The molecule has 0 radical (unpaired) electrons. The van der Waals surface area contributed by atoms with Crippen LogP contribution in [0.3, 0.4) is 0 Å². The first-order chi connectivity index (χ1) is 7.27. The number of hydrogen-bond acceptors (Lipinski definition) is 4. The van der Waals surface area contributed by atoms with E-state index in [-0.39, 0.29) is 5.69 Å². The van der Waals surface area contributed by atoms with Gasteiger partial charge in [-0.1, -0.05) is 12.1 Å². The molecule has 0 aliphatic rings. The molecule has 0 N–H and O–H groups in total. The lowest BCUT2D eigenvalue weighted by atomic mass is 10.3. The van der Waals surface area contributed by atoms with Gasteiger partial charge in [0.25, 0.3) is 0 Å². The van der Waals surface area contributed by atoms with Crippen molar-refractivity contribution in [2.45, 2.75) is 6.42 Å². The van der Waals surface area contributed by atoms with Crippen molar-refractivity contribution in [2.24, 2.45) is 0 Å². The summed E-state index contributed by atoms with van der Waals surface area (Å²) in [6.45, 7) is 4.08. The zero-order valence-corrected chi connectivity index (χ0v) is 8.60. The molecule has 4 heteroatoms. The van der Waals surface area contributed by atoms with Crippen molar-refractivity contribution >= 4 is 5.97 Å². The highest BCUT2D eigenvalue weighted by molar-refractivity contribution is 5.87. The first-order valence-electron chi connectivity index (χ1n) is 4.57. The van der Waals surface area contributed by atoms with Gasteiger partial charge in [0.05, 0.1) is 13.7 Å². The van der Waals surface area contributed by atoms with E-state index in [2.05, 4.69) is 16.3 Å². The molecule has 0 unspecified atom stereocenters. The number of aromatic nitrogens is 1. The van der Waals surface area contributed by atoms with Gasteiger partial charge < -0.3 is 9.47 Å². The van der Waals surface area contributed by atoms with Crippen LogP contribution in [0.4, 0.5) is 0 Å². The summed E-state index contributed by atoms with van der Waals surface area (Å²) < 4.78 is 9.84. The van der Waals surface area contributed by atoms with E-state index >= 15 is 0 Å². The number of methoxy groups -OCH3 is 1. The van der Waals surface area contributed by atoms with Gasteiger partial charge in [-0.25, -0.2) is 9.78 Å². The van der Waals surface area contributed by atoms with E-state index in [4.69, 9.17) is 4.74 Å². The predicted molar refractivity (Wildman–Crippen MR) is 55.9 cm³/mol. The van der Waals surface area contributed by atoms with Crippen molar-refractivity contribution in [2.75, 3.05) is 13.7 Å². The Labute approximate surface area is 88.5 Å². The molecular formula is C11H13NO3. The summed E-state index contributed by atoms with van der Waals surface area (Å²) in [5.74, 6) is -0.0519. The average molecular weight is 207 g/mol. The lowest BCUT2D eigenvalue weighted by Gasteiger charge is -2.04. The molecule has 0 bridgehead atoms. The van der Waals surface area contributed by atoms with Gasteiger partial charge in [-0.2, -0.15) is 0 Å². The second-order valence-corrected chi connectivity index (χ2v) is 2.78. The van der Waals surface area contributed by atoms with Gasteiger partial charge in [0.2, 0.25) is 5.88 Å². The molecule has 1 aromatic heterocycles. The fourth-order valence-electron chi connectivity index (χ4n) is 0.960. The molecule has 0 aromatic carbocycles. The molecule has 0 amide bonds. The minimum Gasteiger partial charge on any atom is -0.477 e. The van der Waals surface area contributed by atoms with Crippen molar-refractivity contribution < 1.29 is 14.3 Å². The number of nitrogens with zero attached hydrogens (tertiary/aromatic N) is 1. The summed E-state index contributed by atoms with van der Waals surface area (Å²) in [5.41, 5.74) is 0.244. The summed E-state index contributed by atoms with van der Waals surface area (Å²) in [5, 5.41) is 0. The number of pyridine rings is 1. The van der Waals surface area contributed by atoms with Gasteiger partial charge in [-0.05, 0) is 12.5 Å². The van der Waals surface area contributed by atoms with Gasteiger partial charge in [0, 0.05) is 6.07 Å². The number of esters is 1. The maximum atomic E-state index is 11.1. The monoisotopic (exact) mass is 207 g/mol. The lowest BCUT2D eigenvalue weighted by molar-refractivity contribution is 0.0592. The Kier molecular flexibility index (Phi) is 4.34. The normalized spacial score (nSPS) is 9.40. The van der Waals surface area contributed by atoms with Gasteiger partial charge in [-0.3, -0.25) is 0 Å². The standard InChI is InChI=1S/C11H13NO3/c1-3-4-8-15-10-7-5-6-9(12-10)11(13)14-2/h3,5-7H,1,4,8H2,2H3. The first kappa shape index (κ1) is 11.2. The molecule has 0 saturated carbocycles. The van der Waals surface area contributed by atoms with Crippen LogP contribution in [0.15, 0.2) is 30.9 Å². The van der Waals surface area contributed by atoms with E-state index in [1.54, 1.807) is 24.3 Å². The van der Waals surface area contributed by atoms with Crippen LogP contribution in [0.5, 0.6) is 5.88 Å². The predicted octanol–water partition coefficient (Wildman–Crippen LogP) is 1.82. The van der Waals surface area contributed by atoms with Gasteiger partial charge in [0.15, 0.2) is 5.69 Å². The molecule has 15 heavy (non-hydrogen) atoms. The molecule has 1 rings (SSSR count). The molecule has 0 atom stereocenters. The van der Waals surface area contributed by atoms with Crippen LogP contribution in [-0.2, 0) is 4.74 Å². The van der Waals surface area contributed by atoms with Crippen molar-refractivity contribution in [3.63, 3.8) is 0 Å². The number of carbonyl (C=O) groups is 1. The Morgan fingerprint density at radius 3 is 3.07 bits per heavy atom. The Morgan fingerprint density at radius 2 is 2.40 bits per heavy atom. The number of carbonyl (C=O) groups excluding carboxylic acids is 1. The van der Waals surface area contributed by atoms with Crippen LogP contribution < -0.4 is 4.74 Å². The molecule has 1 heterocycles. The van der Waals surface area contributed by atoms with E-state index in [1.165, 1.54) is 7.11 Å². The van der Waals surface area contributed by atoms with E-state index in [0.717, 1.165) is 6.42 Å². The summed E-state index contributed by atoms with van der Waals surface area (Å²) in [6.07, 6.45) is 2.49. The number of ether oxygens (including phenoxy) is 2. The van der Waals surface area contributed by atoms with Crippen LogP contribution in [0.2, 0.25) is 0 Å². The number of hydrogen-bond donors (Lipinski definition) is 0. The third kappa shape index (κ3) is 3.42. The van der Waals surface area contributed by atoms with E-state index in [0.29, 0.717) is 12.5 Å². The Balaban J connectivity index is 2.65. The fourth-order valence-corrected chi connectivity index (χ4v) is 0.960. The molecule has 0 saturated heterocycles. The van der Waals surface area contributed by atoms with Gasteiger partial charge in [-0.15, -0.1) is 6.58 Å². The molecule has 0 fully saturated rings. The molecule has 1 aromatic rings. The highest BCUT2D eigenvalue weighted by atomic mass is 16.5. The molecule has 4 nitrogen and oxygen atoms in total. The van der Waals surface area contributed by atoms with Crippen molar-refractivity contribution in [3.05, 3.63) is 36.5 Å². The summed E-state index contributed by atoms with van der Waals surface area (Å²) in [6, 6.07) is 4.96. The third-order valence-electron chi connectivity index (χ3n) is 1.69. The molecular weight excluding hydrogens is 194 g/mol. The summed E-state index contributed by atoms with van der Waals surface area (Å²) in [7, 11) is 1.31. The third-order valence-corrected chi connectivity index (χ3v) is 1.69. The zero-order chi connectivity index (χ0) is 11.1. The second kappa shape index (κ2) is 5.80. The van der Waals surface area contributed by atoms with Crippen molar-refractivity contribution in [3.8, 4) is 5.88 Å². The Hall–Kier alpha value is -1.84. The summed E-state index contributed by atoms with van der Waals surface area (Å²) in [4.78, 5) is 15.1. The minimum absolute atomic E-state index is 0.244. The highest BCUT2D eigenvalue weighted by Gasteiger charge is 2.07. The lowest BCUT2D eigenvalue weighted by Crippen LogP contribution is -2.06. The van der Waals surface area contributed by atoms with E-state index in [9.17, 15) is 4.79 Å². The average Bonchev–Trinajstić information content (AvgIpc) is 2.29. The molecule has 0 aliphatic carbocycles. The molecule has 0 aliphatic heterocycles. The second-order valence-electron chi connectivity index (χ2n) is 2.78. The van der Waals surface area contributed by atoms with Crippen LogP contribution in [0, 0.1) is 0 Å². The Morgan fingerprint density at radius 1 is 1.60 bits per heavy atom. The summed E-state index contributed by atoms with van der Waals surface area (Å²) >= 11 is 0. The van der Waals surface area contributed by atoms with Crippen molar-refractivity contribution in [1.29, 1.82) is 0 Å². The smallest absolute Gasteiger partial charge is 0.356 e. The van der Waals surface area contributed by atoms with Crippen LogP contribution >= 0.6 is 0 Å². The topological polar surface area (TPSA) is 48.4 Å². The largest absolute Gasteiger partial charge is 0.477 e. The van der Waals surface area contributed by atoms with Crippen LogP contribution in [-0.4, -0.2) is 24.7 Å². The zero-order valence-electron chi connectivity index (χ0n) is 8.60.